The first-order valence-corrected chi connectivity index (χ1v) is 5.82. The van der Waals surface area contributed by atoms with E-state index < -0.39 is 0 Å². The Morgan fingerprint density at radius 1 is 1.44 bits per heavy atom. The maximum absolute atomic E-state index is 5.34. The van der Waals surface area contributed by atoms with Gasteiger partial charge < -0.3 is 15.0 Å². The number of anilines is 1. The van der Waals surface area contributed by atoms with Gasteiger partial charge in [-0.15, -0.1) is 0 Å². The lowest BCUT2D eigenvalue weighted by molar-refractivity contribution is 0.122. The molecular weight excluding hydrogens is 202 g/mol. The van der Waals surface area contributed by atoms with Crippen LogP contribution < -0.4 is 10.2 Å². The van der Waals surface area contributed by atoms with Crippen LogP contribution in [-0.4, -0.2) is 44.9 Å². The van der Waals surface area contributed by atoms with Crippen molar-refractivity contribution in [3.63, 3.8) is 0 Å². The molecule has 1 aliphatic heterocycles. The molecule has 1 aliphatic rings. The van der Waals surface area contributed by atoms with Crippen molar-refractivity contribution in [1.29, 1.82) is 0 Å². The molecule has 1 fully saturated rings. The smallest absolute Gasteiger partial charge is 0.128 e. The van der Waals surface area contributed by atoms with E-state index >= 15 is 0 Å². The maximum Gasteiger partial charge on any atom is 0.128 e. The van der Waals surface area contributed by atoms with Crippen LogP contribution in [0.4, 0.5) is 5.82 Å². The molecule has 0 spiro atoms. The molecule has 0 aromatic carbocycles. The highest BCUT2D eigenvalue weighted by Crippen LogP contribution is 2.14. The number of hydrogen-bond donors (Lipinski definition) is 1. The molecule has 0 atom stereocenters. The summed E-state index contributed by atoms with van der Waals surface area (Å²) in [5, 5.41) is 3.16. The van der Waals surface area contributed by atoms with Crippen LogP contribution in [0, 0.1) is 0 Å². The quantitative estimate of drug-likeness (QED) is 0.811. The molecule has 1 aromatic rings. The number of ether oxygens (including phenoxy) is 1. The third-order valence-corrected chi connectivity index (χ3v) is 2.81. The van der Waals surface area contributed by atoms with Crippen LogP contribution in [-0.2, 0) is 11.2 Å². The van der Waals surface area contributed by atoms with E-state index in [4.69, 9.17) is 4.74 Å². The summed E-state index contributed by atoms with van der Waals surface area (Å²) in [5.41, 5.74) is 1.34. The van der Waals surface area contributed by atoms with Gasteiger partial charge in [-0.05, 0) is 37.7 Å². The molecule has 4 nitrogen and oxygen atoms in total. The van der Waals surface area contributed by atoms with Crippen molar-refractivity contribution in [2.45, 2.75) is 6.42 Å². The molecule has 1 aromatic heterocycles. The number of hydrogen-bond acceptors (Lipinski definition) is 4. The van der Waals surface area contributed by atoms with Crippen LogP contribution in [0.15, 0.2) is 18.3 Å². The van der Waals surface area contributed by atoms with Gasteiger partial charge in [0.25, 0.3) is 0 Å². The standard InChI is InChI=1S/C12H19N3O/c1-13-4-2-11-3-5-14-12(10-11)15-6-8-16-9-7-15/h3,5,10,13H,2,4,6-9H2,1H3. The van der Waals surface area contributed by atoms with E-state index in [2.05, 4.69) is 27.3 Å². The van der Waals surface area contributed by atoms with Gasteiger partial charge >= 0.3 is 0 Å². The molecule has 0 radical (unpaired) electrons. The zero-order valence-electron chi connectivity index (χ0n) is 9.78. The first-order valence-electron chi connectivity index (χ1n) is 5.82. The van der Waals surface area contributed by atoms with Gasteiger partial charge in [-0.1, -0.05) is 0 Å². The average Bonchev–Trinajstić information content (AvgIpc) is 2.38. The summed E-state index contributed by atoms with van der Waals surface area (Å²) in [4.78, 5) is 6.71. The molecule has 1 saturated heterocycles. The van der Waals surface area contributed by atoms with Crippen LogP contribution in [0.2, 0.25) is 0 Å². The Hall–Kier alpha value is -1.13. The number of rotatable bonds is 4. The maximum atomic E-state index is 5.34. The van der Waals surface area contributed by atoms with E-state index in [1.807, 2.05) is 13.2 Å². The summed E-state index contributed by atoms with van der Waals surface area (Å²) in [6, 6.07) is 4.27. The van der Waals surface area contributed by atoms with Crippen LogP contribution in [0.5, 0.6) is 0 Å². The van der Waals surface area contributed by atoms with Crippen molar-refractivity contribution in [2.75, 3.05) is 44.8 Å². The van der Waals surface area contributed by atoms with Crippen molar-refractivity contribution < 1.29 is 4.74 Å². The van der Waals surface area contributed by atoms with E-state index in [0.29, 0.717) is 0 Å². The number of aromatic nitrogens is 1. The van der Waals surface area contributed by atoms with Crippen molar-refractivity contribution >= 4 is 5.82 Å². The second-order valence-corrected chi connectivity index (χ2v) is 3.98. The molecule has 0 amide bonds. The predicted octanol–water partition coefficient (Wildman–Crippen LogP) is 0.680. The largest absolute Gasteiger partial charge is 0.378 e. The van der Waals surface area contributed by atoms with Crippen LogP contribution in [0.3, 0.4) is 0 Å². The third-order valence-electron chi connectivity index (χ3n) is 2.81. The number of morpholine rings is 1. The summed E-state index contributed by atoms with van der Waals surface area (Å²) in [6.45, 7) is 4.52. The second kappa shape index (κ2) is 5.82. The molecule has 0 unspecified atom stereocenters. The normalized spacial score (nSPS) is 16.4. The monoisotopic (exact) mass is 221 g/mol. The fraction of sp³-hybridized carbons (Fsp3) is 0.583. The second-order valence-electron chi connectivity index (χ2n) is 3.98. The molecule has 4 heteroatoms. The lowest BCUT2D eigenvalue weighted by atomic mass is 10.2. The van der Waals surface area contributed by atoms with Gasteiger partial charge in [0, 0.05) is 19.3 Å². The molecule has 1 N–H and O–H groups in total. The summed E-state index contributed by atoms with van der Waals surface area (Å²) in [7, 11) is 1.98. The fourth-order valence-electron chi connectivity index (χ4n) is 1.85. The molecule has 16 heavy (non-hydrogen) atoms. The number of likely N-dealkylation sites (N-methyl/N-ethyl adjacent to an activating group) is 1. The molecule has 2 heterocycles. The first kappa shape index (κ1) is 11.4. The lowest BCUT2D eigenvalue weighted by Gasteiger charge is -2.28. The van der Waals surface area contributed by atoms with E-state index in [1.165, 1.54) is 5.56 Å². The fourth-order valence-corrected chi connectivity index (χ4v) is 1.85. The van der Waals surface area contributed by atoms with Crippen molar-refractivity contribution in [2.24, 2.45) is 0 Å². The third kappa shape index (κ3) is 2.93. The van der Waals surface area contributed by atoms with Crippen LogP contribution >= 0.6 is 0 Å². The van der Waals surface area contributed by atoms with Gasteiger partial charge in [0.15, 0.2) is 0 Å². The Kier molecular flexibility index (Phi) is 4.13. The van der Waals surface area contributed by atoms with E-state index in [0.717, 1.165) is 45.1 Å². The molecule has 0 bridgehead atoms. The SMILES string of the molecule is CNCCc1ccnc(N2CCOCC2)c1. The van der Waals surface area contributed by atoms with Gasteiger partial charge in [-0.2, -0.15) is 0 Å². The number of pyridine rings is 1. The molecule has 0 aliphatic carbocycles. The Morgan fingerprint density at radius 2 is 2.25 bits per heavy atom. The van der Waals surface area contributed by atoms with Gasteiger partial charge in [-0.3, -0.25) is 0 Å². The Labute approximate surface area is 96.6 Å². The van der Waals surface area contributed by atoms with Crippen molar-refractivity contribution in [3.05, 3.63) is 23.9 Å². The number of nitrogens with zero attached hydrogens (tertiary/aromatic N) is 2. The Balaban J connectivity index is 2.02. The van der Waals surface area contributed by atoms with Gasteiger partial charge in [-0.25, -0.2) is 4.98 Å². The topological polar surface area (TPSA) is 37.4 Å². The molecule has 2 rings (SSSR count). The Bertz CT molecular complexity index is 324. The molecule has 88 valence electrons. The van der Waals surface area contributed by atoms with E-state index in [1.54, 1.807) is 0 Å². The zero-order chi connectivity index (χ0) is 11.2. The lowest BCUT2D eigenvalue weighted by Crippen LogP contribution is -2.36. The molecule has 0 saturated carbocycles. The average molecular weight is 221 g/mol. The van der Waals surface area contributed by atoms with Gasteiger partial charge in [0.2, 0.25) is 0 Å². The minimum Gasteiger partial charge on any atom is -0.378 e. The summed E-state index contributed by atoms with van der Waals surface area (Å²) >= 11 is 0. The minimum absolute atomic E-state index is 0.808. The van der Waals surface area contributed by atoms with Crippen molar-refractivity contribution in [1.82, 2.24) is 10.3 Å². The van der Waals surface area contributed by atoms with Crippen molar-refractivity contribution in [3.8, 4) is 0 Å². The first-order chi connectivity index (χ1) is 7.90. The van der Waals surface area contributed by atoms with Gasteiger partial charge in [0.05, 0.1) is 13.2 Å². The highest BCUT2D eigenvalue weighted by atomic mass is 16.5. The summed E-state index contributed by atoms with van der Waals surface area (Å²) in [6.07, 6.45) is 2.95. The van der Waals surface area contributed by atoms with E-state index in [-0.39, 0.29) is 0 Å². The molecular formula is C12H19N3O. The van der Waals surface area contributed by atoms with Gasteiger partial charge in [0.1, 0.15) is 5.82 Å². The Morgan fingerprint density at radius 3 is 3.00 bits per heavy atom. The summed E-state index contributed by atoms with van der Waals surface area (Å²) in [5.74, 6) is 1.08. The summed E-state index contributed by atoms with van der Waals surface area (Å²) < 4.78 is 5.34. The van der Waals surface area contributed by atoms with Crippen LogP contribution in [0.1, 0.15) is 5.56 Å². The predicted molar refractivity (Wildman–Crippen MR) is 64.9 cm³/mol. The zero-order valence-corrected chi connectivity index (χ0v) is 9.78. The highest BCUT2D eigenvalue weighted by Gasteiger charge is 2.12. The minimum atomic E-state index is 0.808. The van der Waals surface area contributed by atoms with Crippen LogP contribution in [0.25, 0.3) is 0 Å². The highest BCUT2D eigenvalue weighted by molar-refractivity contribution is 5.41. The number of nitrogens with one attached hydrogen (secondary N) is 1. The van der Waals surface area contributed by atoms with E-state index in [9.17, 15) is 0 Å².